The van der Waals surface area contributed by atoms with Gasteiger partial charge in [-0.3, -0.25) is 4.90 Å². The smallest absolute Gasteiger partial charge is 0.341 e. The molecule has 0 unspecified atom stereocenters. The van der Waals surface area contributed by atoms with Crippen molar-refractivity contribution in [3.05, 3.63) is 83.0 Å². The van der Waals surface area contributed by atoms with E-state index in [2.05, 4.69) is 71.5 Å². The predicted octanol–water partition coefficient (Wildman–Crippen LogP) is 5.44. The first-order valence-corrected chi connectivity index (χ1v) is 14.1. The zero-order valence-electron chi connectivity index (χ0n) is 22.9. The fourth-order valence-electron chi connectivity index (χ4n) is 5.66. The summed E-state index contributed by atoms with van der Waals surface area (Å²) in [5, 5.41) is 27.5. The molecule has 5 rings (SSSR count). The van der Waals surface area contributed by atoms with Gasteiger partial charge >= 0.3 is 5.97 Å². The van der Waals surface area contributed by atoms with Gasteiger partial charge in [-0.15, -0.1) is 0 Å². The monoisotopic (exact) mass is 561 g/mol. The van der Waals surface area contributed by atoms with Gasteiger partial charge in [0, 0.05) is 35.6 Å². The van der Waals surface area contributed by atoms with Gasteiger partial charge in [0.25, 0.3) is 0 Å². The Balaban J connectivity index is 1.22. The first-order valence-electron chi connectivity index (χ1n) is 13.8. The number of aliphatic hydroxyl groups excluding tert-OH is 1. The van der Waals surface area contributed by atoms with Gasteiger partial charge in [-0.25, -0.2) is 9.78 Å². The van der Waals surface area contributed by atoms with Crippen molar-refractivity contribution in [2.45, 2.75) is 57.3 Å². The third kappa shape index (κ3) is 6.91. The minimum atomic E-state index is -1.03. The molecule has 0 saturated carbocycles. The Morgan fingerprint density at radius 1 is 1.12 bits per heavy atom. The first kappa shape index (κ1) is 28.3. The number of nitrogens with zero attached hydrogens (tertiary/aromatic N) is 2. The van der Waals surface area contributed by atoms with E-state index >= 15 is 0 Å². The van der Waals surface area contributed by atoms with Crippen molar-refractivity contribution < 1.29 is 19.7 Å². The Labute approximate surface area is 239 Å². The van der Waals surface area contributed by atoms with E-state index in [4.69, 9.17) is 21.4 Å². The third-order valence-electron chi connectivity index (χ3n) is 7.66. The van der Waals surface area contributed by atoms with Crippen LogP contribution in [0.3, 0.4) is 0 Å². The normalized spacial score (nSPS) is 16.9. The average molecular weight is 562 g/mol. The van der Waals surface area contributed by atoms with Crippen LogP contribution in [0.15, 0.2) is 66.7 Å². The van der Waals surface area contributed by atoms with Crippen LogP contribution >= 0.6 is 11.6 Å². The molecule has 2 heterocycles. The van der Waals surface area contributed by atoms with Crippen molar-refractivity contribution >= 4 is 39.2 Å². The van der Waals surface area contributed by atoms with E-state index in [0.717, 1.165) is 36.8 Å². The molecule has 4 aromatic rings. The molecule has 1 aliphatic rings. The van der Waals surface area contributed by atoms with Crippen LogP contribution in [0, 0.1) is 0 Å². The topological polar surface area (TPSA) is 94.9 Å². The summed E-state index contributed by atoms with van der Waals surface area (Å²) in [6.07, 6.45) is 2.25. The van der Waals surface area contributed by atoms with Crippen LogP contribution < -0.4 is 10.1 Å². The van der Waals surface area contributed by atoms with Gasteiger partial charge in [0.15, 0.2) is 6.61 Å². The summed E-state index contributed by atoms with van der Waals surface area (Å²) in [6, 6.07) is 22.2. The third-order valence-corrected chi connectivity index (χ3v) is 7.98. The zero-order chi connectivity index (χ0) is 28.3. The van der Waals surface area contributed by atoms with Crippen LogP contribution in [-0.2, 0) is 17.8 Å². The lowest BCUT2D eigenvalue weighted by Gasteiger charge is -2.33. The number of carbonyl (C=O) groups is 1. The molecule has 3 aromatic carbocycles. The van der Waals surface area contributed by atoms with Crippen molar-refractivity contribution in [3.63, 3.8) is 0 Å². The van der Waals surface area contributed by atoms with Crippen molar-refractivity contribution in [1.29, 1.82) is 0 Å². The van der Waals surface area contributed by atoms with Gasteiger partial charge in [0.2, 0.25) is 0 Å². The van der Waals surface area contributed by atoms with Crippen LogP contribution in [0.2, 0.25) is 5.15 Å². The molecule has 2 atom stereocenters. The van der Waals surface area contributed by atoms with Crippen LogP contribution in [0.25, 0.3) is 21.7 Å². The number of hydrogen-bond acceptors (Lipinski definition) is 6. The Morgan fingerprint density at radius 3 is 2.73 bits per heavy atom. The maximum absolute atomic E-state index is 11.2. The molecule has 1 saturated heterocycles. The van der Waals surface area contributed by atoms with Crippen molar-refractivity contribution in [1.82, 2.24) is 15.2 Å². The molecule has 0 radical (unpaired) electrons. The molecule has 0 bridgehead atoms. The van der Waals surface area contributed by atoms with Gasteiger partial charge in [-0.05, 0) is 80.3 Å². The maximum atomic E-state index is 11.2. The minimum Gasteiger partial charge on any atom is -0.482 e. The number of benzene rings is 3. The Morgan fingerprint density at radius 2 is 1.93 bits per heavy atom. The summed E-state index contributed by atoms with van der Waals surface area (Å²) in [5.74, 6) is -0.558. The molecule has 1 aliphatic heterocycles. The number of carboxylic acids is 1. The lowest BCUT2D eigenvalue weighted by Crippen LogP contribution is -2.50. The highest BCUT2D eigenvalue weighted by Crippen LogP contribution is 2.29. The van der Waals surface area contributed by atoms with Gasteiger partial charge in [0.1, 0.15) is 10.9 Å². The standard InChI is InChI=1S/C32H36ClN3O4/c1-32(2,17-21-9-10-22-6-3-4-7-23(22)14-21)34-18-29(37)28-8-5-13-36(28)19-25-15-24-16-26(40-20-30(38)39)11-12-27(24)35-31(25)33/h3-4,6-7,9-12,14-16,28-29,34,37H,5,8,13,17-20H2,1-2H3,(H,38,39)/t28-,29-/m1/s1. The number of rotatable bonds is 11. The highest BCUT2D eigenvalue weighted by molar-refractivity contribution is 6.30. The summed E-state index contributed by atoms with van der Waals surface area (Å²) in [5.41, 5.74) is 2.67. The molecule has 1 aromatic heterocycles. The summed E-state index contributed by atoms with van der Waals surface area (Å²) < 4.78 is 5.33. The quantitative estimate of drug-likeness (QED) is 0.210. The van der Waals surface area contributed by atoms with Gasteiger partial charge in [0.05, 0.1) is 11.6 Å². The minimum absolute atomic E-state index is 0.0148. The predicted molar refractivity (Wildman–Crippen MR) is 159 cm³/mol. The number of aromatic nitrogens is 1. The number of nitrogens with one attached hydrogen (secondary N) is 1. The van der Waals surface area contributed by atoms with Gasteiger partial charge in [-0.2, -0.15) is 0 Å². The second kappa shape index (κ2) is 12.1. The molecule has 40 heavy (non-hydrogen) atoms. The number of ether oxygens (including phenoxy) is 1. The number of aliphatic hydroxyl groups is 1. The second-order valence-electron chi connectivity index (χ2n) is 11.3. The van der Waals surface area contributed by atoms with Crippen LogP contribution in [0.4, 0.5) is 0 Å². The fraction of sp³-hybridized carbons (Fsp3) is 0.375. The number of hydrogen-bond donors (Lipinski definition) is 3. The van der Waals surface area contributed by atoms with Crippen LogP contribution in [0.5, 0.6) is 5.75 Å². The van der Waals surface area contributed by atoms with E-state index in [9.17, 15) is 9.90 Å². The number of β-amino-alcohol motifs (C(OH)–C–C–N with tert-alkyl or cyclic N) is 1. The Bertz CT molecular complexity index is 1510. The number of aliphatic carboxylic acids is 1. The number of carboxylic acid groups (broad SMARTS) is 1. The Kier molecular flexibility index (Phi) is 8.57. The molecule has 0 aliphatic carbocycles. The molecule has 0 spiro atoms. The van der Waals surface area contributed by atoms with E-state index in [-0.39, 0.29) is 11.6 Å². The Hall–Kier alpha value is -3.23. The average Bonchev–Trinajstić information content (AvgIpc) is 3.39. The molecule has 1 fully saturated rings. The van der Waals surface area contributed by atoms with E-state index in [0.29, 0.717) is 29.5 Å². The zero-order valence-corrected chi connectivity index (χ0v) is 23.7. The highest BCUT2D eigenvalue weighted by atomic mass is 35.5. The van der Waals surface area contributed by atoms with Crippen molar-refractivity contribution in [3.8, 4) is 5.75 Å². The first-order chi connectivity index (χ1) is 19.2. The lowest BCUT2D eigenvalue weighted by atomic mass is 9.93. The second-order valence-corrected chi connectivity index (χ2v) is 11.7. The fourth-order valence-corrected chi connectivity index (χ4v) is 5.87. The van der Waals surface area contributed by atoms with Gasteiger partial charge in [-0.1, -0.05) is 54.1 Å². The van der Waals surface area contributed by atoms with Crippen LogP contribution in [0.1, 0.15) is 37.8 Å². The molecule has 7 nitrogen and oxygen atoms in total. The largest absolute Gasteiger partial charge is 0.482 e. The van der Waals surface area contributed by atoms with Crippen LogP contribution in [-0.4, -0.2) is 63.4 Å². The maximum Gasteiger partial charge on any atom is 0.341 e. The number of pyridine rings is 1. The van der Waals surface area contributed by atoms with E-state index in [1.165, 1.54) is 16.3 Å². The molecule has 210 valence electrons. The summed E-state index contributed by atoms with van der Waals surface area (Å²) in [4.78, 5) is 17.7. The van der Waals surface area contributed by atoms with E-state index in [1.54, 1.807) is 18.2 Å². The highest BCUT2D eigenvalue weighted by Gasteiger charge is 2.32. The number of fused-ring (bicyclic) bond motifs is 2. The van der Waals surface area contributed by atoms with Gasteiger partial charge < -0.3 is 20.3 Å². The number of likely N-dealkylation sites (tertiary alicyclic amines) is 1. The van der Waals surface area contributed by atoms with E-state index < -0.39 is 18.7 Å². The lowest BCUT2D eigenvalue weighted by molar-refractivity contribution is -0.139. The van der Waals surface area contributed by atoms with Crippen molar-refractivity contribution in [2.75, 3.05) is 19.7 Å². The van der Waals surface area contributed by atoms with Crippen molar-refractivity contribution in [2.24, 2.45) is 0 Å². The summed E-state index contributed by atoms with van der Waals surface area (Å²) >= 11 is 6.56. The molecular weight excluding hydrogens is 526 g/mol. The summed E-state index contributed by atoms with van der Waals surface area (Å²) in [7, 11) is 0. The molecule has 8 heteroatoms. The number of halogens is 1. The summed E-state index contributed by atoms with van der Waals surface area (Å²) in [6.45, 7) is 5.89. The van der Waals surface area contributed by atoms with E-state index in [1.807, 2.05) is 6.07 Å². The SMILES string of the molecule is CC(C)(Cc1ccc2ccccc2c1)NC[C@@H](O)[C@H]1CCCN1Cc1cc2cc(OCC(=O)O)ccc2nc1Cl. The molecular formula is C32H36ClN3O4. The molecule has 0 amide bonds. The molecule has 3 N–H and O–H groups in total.